The van der Waals surface area contributed by atoms with Gasteiger partial charge in [-0.1, -0.05) is 18.2 Å². The summed E-state index contributed by atoms with van der Waals surface area (Å²) in [6.45, 7) is -0.891. The molecule has 0 fully saturated rings. The van der Waals surface area contributed by atoms with Crippen LogP contribution in [0.1, 0.15) is 11.7 Å². The van der Waals surface area contributed by atoms with E-state index < -0.39 is 42.8 Å². The van der Waals surface area contributed by atoms with Gasteiger partial charge in [0.05, 0.1) is 7.98 Å². The molecule has 0 aliphatic heterocycles. The summed E-state index contributed by atoms with van der Waals surface area (Å²) in [5.74, 6) is -2.27. The highest BCUT2D eigenvalue weighted by molar-refractivity contribution is 6.05. The first-order valence-corrected chi connectivity index (χ1v) is 6.03. The number of rotatable bonds is 6. The van der Waals surface area contributed by atoms with Crippen molar-refractivity contribution in [2.75, 3.05) is 6.61 Å². The maximum absolute atomic E-state index is 11.8. The van der Waals surface area contributed by atoms with Crippen LogP contribution in [-0.2, 0) is 4.79 Å². The van der Waals surface area contributed by atoms with Crippen LogP contribution in [-0.4, -0.2) is 68.4 Å². The fourth-order valence-corrected chi connectivity index (χ4v) is 1.47. The van der Waals surface area contributed by atoms with Crippen LogP contribution >= 0.6 is 0 Å². The van der Waals surface area contributed by atoms with Crippen LogP contribution in [0.15, 0.2) is 30.3 Å². The average molecular weight is 300 g/mol. The van der Waals surface area contributed by atoms with Gasteiger partial charge in [0.25, 0.3) is 11.8 Å². The lowest BCUT2D eigenvalue weighted by atomic mass is 10.0. The van der Waals surface area contributed by atoms with E-state index in [0.29, 0.717) is 0 Å². The third-order valence-electron chi connectivity index (χ3n) is 2.71. The largest absolute Gasteiger partial charge is 0.394 e. The highest BCUT2D eigenvalue weighted by Gasteiger charge is 2.34. The SMILES string of the molecule is [2H]c1ccccc1C(=O)NC(=O)[C@H](O)[C@@H](O)[C@H](O)[C@H](O)CO. The van der Waals surface area contributed by atoms with Crippen molar-refractivity contribution in [3.63, 3.8) is 0 Å². The Bertz CT molecular complexity index is 539. The molecule has 116 valence electrons. The summed E-state index contributed by atoms with van der Waals surface area (Å²) in [6.07, 6.45) is -8.06. The van der Waals surface area contributed by atoms with E-state index in [1.165, 1.54) is 24.3 Å². The Morgan fingerprint density at radius 3 is 2.38 bits per heavy atom. The first-order chi connectivity index (χ1) is 10.3. The maximum atomic E-state index is 11.8. The number of aliphatic hydroxyl groups excluding tert-OH is 5. The lowest BCUT2D eigenvalue weighted by Gasteiger charge is -2.24. The van der Waals surface area contributed by atoms with Gasteiger partial charge in [0.1, 0.15) is 18.3 Å². The standard InChI is InChI=1S/C13H17NO7/c15-6-8(16)9(17)10(18)11(19)13(21)14-12(20)7-4-2-1-3-5-7/h1-5,8-11,15-19H,6H2,(H,14,20,21)/t8-,9-,10+,11-/m1/s1/i4D. The molecule has 0 bridgehead atoms. The van der Waals surface area contributed by atoms with Gasteiger partial charge in [0, 0.05) is 5.56 Å². The fraction of sp³-hybridized carbons (Fsp3) is 0.385. The number of nitrogens with one attached hydrogen (secondary N) is 1. The molecule has 0 saturated carbocycles. The van der Waals surface area contributed by atoms with E-state index in [1.54, 1.807) is 5.32 Å². The van der Waals surface area contributed by atoms with Gasteiger partial charge in [0.2, 0.25) is 0 Å². The van der Waals surface area contributed by atoms with Crippen LogP contribution in [0.25, 0.3) is 0 Å². The summed E-state index contributed by atoms with van der Waals surface area (Å²) < 4.78 is 7.50. The molecule has 6 N–H and O–H groups in total. The molecule has 8 nitrogen and oxygen atoms in total. The summed E-state index contributed by atoms with van der Waals surface area (Å²) in [5, 5.41) is 48.0. The summed E-state index contributed by atoms with van der Waals surface area (Å²) in [4.78, 5) is 23.4. The van der Waals surface area contributed by atoms with Crippen molar-refractivity contribution in [3.8, 4) is 0 Å². The van der Waals surface area contributed by atoms with Gasteiger partial charge in [-0.05, 0) is 12.1 Å². The zero-order chi connectivity index (χ0) is 16.9. The van der Waals surface area contributed by atoms with Gasteiger partial charge in [0.15, 0.2) is 6.10 Å². The molecule has 8 heteroatoms. The lowest BCUT2D eigenvalue weighted by molar-refractivity contribution is -0.148. The molecule has 0 saturated heterocycles. The first-order valence-electron chi connectivity index (χ1n) is 6.53. The molecule has 0 spiro atoms. The van der Waals surface area contributed by atoms with E-state index in [4.69, 9.17) is 11.6 Å². The number of benzene rings is 1. The van der Waals surface area contributed by atoms with Crippen LogP contribution in [0.5, 0.6) is 0 Å². The number of hydrogen-bond donors (Lipinski definition) is 6. The summed E-state index contributed by atoms with van der Waals surface area (Å²) in [5.41, 5.74) is -0.117. The van der Waals surface area contributed by atoms with Crippen molar-refractivity contribution < 1.29 is 36.5 Å². The van der Waals surface area contributed by atoms with Crippen molar-refractivity contribution in [2.45, 2.75) is 24.4 Å². The normalized spacial score (nSPS) is 17.3. The number of aliphatic hydroxyl groups is 5. The van der Waals surface area contributed by atoms with E-state index in [9.17, 15) is 24.9 Å². The number of carbonyl (C=O) groups is 2. The molecule has 4 atom stereocenters. The average Bonchev–Trinajstić information content (AvgIpc) is 2.51. The molecule has 1 aromatic rings. The molecule has 0 heterocycles. The van der Waals surface area contributed by atoms with Crippen LogP contribution < -0.4 is 5.32 Å². The van der Waals surface area contributed by atoms with E-state index in [0.717, 1.165) is 0 Å². The van der Waals surface area contributed by atoms with E-state index in [2.05, 4.69) is 0 Å². The topological polar surface area (TPSA) is 147 Å². The lowest BCUT2D eigenvalue weighted by Crippen LogP contribution is -2.52. The fourth-order valence-electron chi connectivity index (χ4n) is 1.47. The third-order valence-corrected chi connectivity index (χ3v) is 2.71. The van der Waals surface area contributed by atoms with Gasteiger partial charge < -0.3 is 25.5 Å². The Hall–Kier alpha value is -1.84. The van der Waals surface area contributed by atoms with E-state index >= 15 is 0 Å². The molecule has 0 aliphatic carbocycles. The van der Waals surface area contributed by atoms with Gasteiger partial charge >= 0.3 is 0 Å². The quantitative estimate of drug-likeness (QED) is 0.337. The van der Waals surface area contributed by atoms with Crippen molar-refractivity contribution in [3.05, 3.63) is 35.9 Å². The minimum Gasteiger partial charge on any atom is -0.394 e. The number of imide groups is 1. The molecule has 1 rings (SSSR count). The van der Waals surface area contributed by atoms with Crippen molar-refractivity contribution in [2.24, 2.45) is 0 Å². The minimum atomic E-state index is -2.21. The number of carbonyl (C=O) groups excluding carboxylic acids is 2. The van der Waals surface area contributed by atoms with Gasteiger partial charge in [-0.3, -0.25) is 14.9 Å². The molecule has 0 aromatic heterocycles. The predicted octanol–water partition coefficient (Wildman–Crippen LogP) is -2.62. The predicted molar refractivity (Wildman–Crippen MR) is 70.0 cm³/mol. The Balaban J connectivity index is 2.72. The highest BCUT2D eigenvalue weighted by atomic mass is 16.4. The smallest absolute Gasteiger partial charge is 0.258 e. The van der Waals surface area contributed by atoms with Crippen molar-refractivity contribution >= 4 is 11.8 Å². The second-order valence-electron chi connectivity index (χ2n) is 4.27. The Morgan fingerprint density at radius 1 is 1.14 bits per heavy atom. The Morgan fingerprint density at radius 2 is 1.81 bits per heavy atom. The van der Waals surface area contributed by atoms with Crippen LogP contribution in [0, 0.1) is 0 Å². The Labute approximate surface area is 121 Å². The van der Waals surface area contributed by atoms with Gasteiger partial charge in [-0.15, -0.1) is 0 Å². The zero-order valence-electron chi connectivity index (χ0n) is 11.9. The number of hydrogen-bond acceptors (Lipinski definition) is 7. The Kier molecular flexibility index (Phi) is 5.78. The van der Waals surface area contributed by atoms with Crippen LogP contribution in [0.3, 0.4) is 0 Å². The second kappa shape index (κ2) is 7.81. The summed E-state index contributed by atoms with van der Waals surface area (Å²) >= 11 is 0. The molecule has 2 amide bonds. The first kappa shape index (κ1) is 15.5. The molecule has 0 radical (unpaired) electrons. The van der Waals surface area contributed by atoms with Crippen LogP contribution in [0.2, 0.25) is 0 Å². The van der Waals surface area contributed by atoms with Gasteiger partial charge in [-0.25, -0.2) is 0 Å². The molecule has 0 aliphatic rings. The van der Waals surface area contributed by atoms with Crippen molar-refractivity contribution in [1.29, 1.82) is 0 Å². The molecule has 0 unspecified atom stereocenters. The minimum absolute atomic E-state index is 0.117. The van der Waals surface area contributed by atoms with Crippen LogP contribution in [0.4, 0.5) is 0 Å². The third kappa shape index (κ3) is 4.59. The molecule has 1 aromatic carbocycles. The molecular weight excluding hydrogens is 282 g/mol. The maximum Gasteiger partial charge on any atom is 0.258 e. The van der Waals surface area contributed by atoms with Gasteiger partial charge in [-0.2, -0.15) is 0 Å². The summed E-state index contributed by atoms with van der Waals surface area (Å²) in [7, 11) is 0. The monoisotopic (exact) mass is 300 g/mol. The molecule has 21 heavy (non-hydrogen) atoms. The van der Waals surface area contributed by atoms with Crippen molar-refractivity contribution in [1.82, 2.24) is 5.32 Å². The summed E-state index contributed by atoms with van der Waals surface area (Å²) in [6, 6.07) is 5.47. The second-order valence-corrected chi connectivity index (χ2v) is 4.27. The van der Waals surface area contributed by atoms with E-state index in [-0.39, 0.29) is 11.6 Å². The zero-order valence-corrected chi connectivity index (χ0v) is 10.9. The molecular formula is C13H17NO7. The highest BCUT2D eigenvalue weighted by Crippen LogP contribution is 2.06. The number of amides is 2. The van der Waals surface area contributed by atoms with E-state index in [1.807, 2.05) is 0 Å².